The number of benzene rings is 2. The van der Waals surface area contributed by atoms with E-state index < -0.39 is 18.0 Å². The summed E-state index contributed by atoms with van der Waals surface area (Å²) in [5, 5.41) is 12.5. The number of carboxylic acids is 1. The van der Waals surface area contributed by atoms with Crippen LogP contribution in [-0.2, 0) is 4.79 Å². The van der Waals surface area contributed by atoms with Crippen molar-refractivity contribution < 1.29 is 19.4 Å². The molecule has 2 aromatic carbocycles. The SMILES string of the molecule is Cc1ccc(NC(=O)[C@@H](C)Oc2ccc(Cl)cc2Cl)c(C(=O)O)c1. The van der Waals surface area contributed by atoms with Crippen LogP contribution in [0.25, 0.3) is 0 Å². The molecule has 2 N–H and O–H groups in total. The summed E-state index contributed by atoms with van der Waals surface area (Å²) >= 11 is 11.8. The predicted octanol–water partition coefficient (Wildman–Crippen LogP) is 4.41. The molecule has 0 fully saturated rings. The van der Waals surface area contributed by atoms with Crippen molar-refractivity contribution in [3.8, 4) is 5.75 Å². The highest BCUT2D eigenvalue weighted by molar-refractivity contribution is 6.35. The molecule has 2 rings (SSSR count). The second kappa shape index (κ2) is 7.55. The van der Waals surface area contributed by atoms with E-state index in [9.17, 15) is 14.7 Å². The van der Waals surface area contributed by atoms with Crippen molar-refractivity contribution in [3.63, 3.8) is 0 Å². The molecule has 7 heteroatoms. The summed E-state index contributed by atoms with van der Waals surface area (Å²) in [5.74, 6) is -1.30. The van der Waals surface area contributed by atoms with E-state index in [4.69, 9.17) is 27.9 Å². The number of ether oxygens (including phenoxy) is 1. The molecular formula is C17H15Cl2NO4. The average Bonchev–Trinajstić information content (AvgIpc) is 2.51. The van der Waals surface area contributed by atoms with Crippen molar-refractivity contribution in [2.45, 2.75) is 20.0 Å². The first-order valence-electron chi connectivity index (χ1n) is 7.04. The zero-order chi connectivity index (χ0) is 17.9. The molecule has 1 atom stereocenters. The summed E-state index contributed by atoms with van der Waals surface area (Å²) in [4.78, 5) is 23.5. The third-order valence-corrected chi connectivity index (χ3v) is 3.76. The van der Waals surface area contributed by atoms with Gasteiger partial charge in [0.05, 0.1) is 16.3 Å². The Hall–Kier alpha value is -2.24. The van der Waals surface area contributed by atoms with Crippen LogP contribution in [0.2, 0.25) is 10.0 Å². The van der Waals surface area contributed by atoms with Gasteiger partial charge in [-0.3, -0.25) is 4.79 Å². The van der Waals surface area contributed by atoms with Crippen molar-refractivity contribution in [1.29, 1.82) is 0 Å². The molecule has 0 aliphatic carbocycles. The maximum atomic E-state index is 12.3. The van der Waals surface area contributed by atoms with Crippen LogP contribution >= 0.6 is 23.2 Å². The summed E-state index contributed by atoms with van der Waals surface area (Å²) in [5.41, 5.74) is 0.999. The van der Waals surface area contributed by atoms with E-state index in [1.165, 1.54) is 19.1 Å². The second-order valence-electron chi connectivity index (χ2n) is 5.18. The molecule has 0 aliphatic heterocycles. The number of amides is 1. The van der Waals surface area contributed by atoms with Crippen LogP contribution in [0.5, 0.6) is 5.75 Å². The molecule has 0 aliphatic rings. The third-order valence-electron chi connectivity index (χ3n) is 3.23. The van der Waals surface area contributed by atoms with Crippen LogP contribution in [0.1, 0.15) is 22.8 Å². The highest BCUT2D eigenvalue weighted by Gasteiger charge is 2.19. The third kappa shape index (κ3) is 4.40. The molecule has 0 spiro atoms. The molecule has 126 valence electrons. The predicted molar refractivity (Wildman–Crippen MR) is 93.3 cm³/mol. The Morgan fingerprint density at radius 3 is 2.50 bits per heavy atom. The number of hydrogen-bond donors (Lipinski definition) is 2. The number of hydrogen-bond acceptors (Lipinski definition) is 3. The second-order valence-corrected chi connectivity index (χ2v) is 6.02. The average molecular weight is 368 g/mol. The fourth-order valence-corrected chi connectivity index (χ4v) is 2.45. The Labute approximate surface area is 149 Å². The number of anilines is 1. The molecule has 24 heavy (non-hydrogen) atoms. The van der Waals surface area contributed by atoms with Gasteiger partial charge in [-0.15, -0.1) is 0 Å². The van der Waals surface area contributed by atoms with Crippen LogP contribution in [0.4, 0.5) is 5.69 Å². The largest absolute Gasteiger partial charge is 0.479 e. The summed E-state index contributed by atoms with van der Waals surface area (Å²) in [7, 11) is 0. The maximum absolute atomic E-state index is 12.3. The van der Waals surface area contributed by atoms with Gasteiger partial charge in [-0.25, -0.2) is 4.79 Å². The van der Waals surface area contributed by atoms with Crippen LogP contribution in [0.3, 0.4) is 0 Å². The number of carbonyl (C=O) groups excluding carboxylic acids is 1. The Bertz CT molecular complexity index is 792. The summed E-state index contributed by atoms with van der Waals surface area (Å²) in [6, 6.07) is 9.40. The number of carboxylic acid groups (broad SMARTS) is 1. The zero-order valence-electron chi connectivity index (χ0n) is 13.0. The molecule has 1 amide bonds. The van der Waals surface area contributed by atoms with Gasteiger partial charge in [0.1, 0.15) is 5.75 Å². The first-order chi connectivity index (χ1) is 11.3. The smallest absolute Gasteiger partial charge is 0.337 e. The quantitative estimate of drug-likeness (QED) is 0.820. The Morgan fingerprint density at radius 1 is 1.17 bits per heavy atom. The van der Waals surface area contributed by atoms with Crippen molar-refractivity contribution in [2.24, 2.45) is 0 Å². The van der Waals surface area contributed by atoms with Crippen molar-refractivity contribution >= 4 is 40.8 Å². The van der Waals surface area contributed by atoms with Gasteiger partial charge in [0, 0.05) is 5.02 Å². The van der Waals surface area contributed by atoms with E-state index in [0.29, 0.717) is 10.8 Å². The normalized spacial score (nSPS) is 11.7. The van der Waals surface area contributed by atoms with Gasteiger partial charge in [0.25, 0.3) is 5.91 Å². The maximum Gasteiger partial charge on any atom is 0.337 e. The lowest BCUT2D eigenvalue weighted by Crippen LogP contribution is -2.30. The van der Waals surface area contributed by atoms with Gasteiger partial charge in [-0.05, 0) is 44.2 Å². The van der Waals surface area contributed by atoms with Gasteiger partial charge >= 0.3 is 5.97 Å². The first kappa shape index (κ1) is 18.1. The van der Waals surface area contributed by atoms with E-state index in [1.807, 2.05) is 0 Å². The van der Waals surface area contributed by atoms with E-state index >= 15 is 0 Å². The lowest BCUT2D eigenvalue weighted by Gasteiger charge is -2.16. The molecule has 0 radical (unpaired) electrons. The molecule has 0 aromatic heterocycles. The molecule has 5 nitrogen and oxygen atoms in total. The summed E-state index contributed by atoms with van der Waals surface area (Å²) < 4.78 is 5.51. The Kier molecular flexibility index (Phi) is 5.70. The van der Waals surface area contributed by atoms with Crippen LogP contribution in [-0.4, -0.2) is 23.1 Å². The van der Waals surface area contributed by atoms with Crippen molar-refractivity contribution in [2.75, 3.05) is 5.32 Å². The van der Waals surface area contributed by atoms with Crippen molar-refractivity contribution in [3.05, 3.63) is 57.6 Å². The number of carbonyl (C=O) groups is 2. The van der Waals surface area contributed by atoms with E-state index in [-0.39, 0.29) is 16.3 Å². The Morgan fingerprint density at radius 2 is 1.88 bits per heavy atom. The number of aromatic carboxylic acids is 1. The summed E-state index contributed by atoms with van der Waals surface area (Å²) in [6.07, 6.45) is -0.883. The van der Waals surface area contributed by atoms with Gasteiger partial charge in [-0.2, -0.15) is 0 Å². The molecule has 0 saturated heterocycles. The molecule has 0 saturated carbocycles. The number of aryl methyl sites for hydroxylation is 1. The first-order valence-corrected chi connectivity index (χ1v) is 7.80. The van der Waals surface area contributed by atoms with Crippen molar-refractivity contribution in [1.82, 2.24) is 0 Å². The van der Waals surface area contributed by atoms with Crippen LogP contribution < -0.4 is 10.1 Å². The number of rotatable bonds is 5. The van der Waals surface area contributed by atoms with Gasteiger partial charge in [0.2, 0.25) is 0 Å². The number of halogens is 2. The fourth-order valence-electron chi connectivity index (χ4n) is 1.99. The monoisotopic (exact) mass is 367 g/mol. The van der Waals surface area contributed by atoms with Gasteiger partial charge < -0.3 is 15.2 Å². The zero-order valence-corrected chi connectivity index (χ0v) is 14.5. The lowest BCUT2D eigenvalue weighted by atomic mass is 10.1. The Balaban J connectivity index is 2.13. The summed E-state index contributed by atoms with van der Waals surface area (Å²) in [6.45, 7) is 3.31. The minimum absolute atomic E-state index is 0.0140. The number of nitrogens with one attached hydrogen (secondary N) is 1. The van der Waals surface area contributed by atoms with E-state index in [0.717, 1.165) is 5.56 Å². The van der Waals surface area contributed by atoms with E-state index in [2.05, 4.69) is 5.32 Å². The van der Waals surface area contributed by atoms with E-state index in [1.54, 1.807) is 31.2 Å². The lowest BCUT2D eigenvalue weighted by molar-refractivity contribution is -0.122. The van der Waals surface area contributed by atoms with Crippen LogP contribution in [0.15, 0.2) is 36.4 Å². The topological polar surface area (TPSA) is 75.6 Å². The van der Waals surface area contributed by atoms with Gasteiger partial charge in [0.15, 0.2) is 6.10 Å². The highest BCUT2D eigenvalue weighted by Crippen LogP contribution is 2.28. The highest BCUT2D eigenvalue weighted by atomic mass is 35.5. The molecule has 0 bridgehead atoms. The minimum Gasteiger partial charge on any atom is -0.479 e. The fraction of sp³-hybridized carbons (Fsp3) is 0.176. The standard InChI is InChI=1S/C17H15Cl2NO4/c1-9-3-5-14(12(7-9)17(22)23)20-16(21)10(2)24-15-6-4-11(18)8-13(15)19/h3-8,10H,1-2H3,(H,20,21)(H,22,23)/t10-/m1/s1. The minimum atomic E-state index is -1.12. The molecule has 2 aromatic rings. The van der Waals surface area contributed by atoms with Crippen LogP contribution in [0, 0.1) is 6.92 Å². The molecule has 0 heterocycles. The molecule has 0 unspecified atom stereocenters. The van der Waals surface area contributed by atoms with Gasteiger partial charge in [-0.1, -0.05) is 34.8 Å². The molecular weight excluding hydrogens is 353 g/mol.